The molecule has 0 fully saturated rings. The van der Waals surface area contributed by atoms with Gasteiger partial charge in [-0.05, 0) is 25.3 Å². The molecule has 0 aromatic carbocycles. The van der Waals surface area contributed by atoms with Crippen molar-refractivity contribution in [1.82, 2.24) is 9.88 Å². The maximum Gasteiger partial charge on any atom is 0.267 e. The second-order valence-electron chi connectivity index (χ2n) is 4.57. The van der Waals surface area contributed by atoms with Crippen molar-refractivity contribution in [2.24, 2.45) is 0 Å². The van der Waals surface area contributed by atoms with E-state index < -0.39 is 0 Å². The first kappa shape index (κ1) is 15.6. The van der Waals surface area contributed by atoms with Crippen LogP contribution in [0, 0.1) is 0 Å². The highest BCUT2D eigenvalue weighted by molar-refractivity contribution is 5.93. The minimum absolute atomic E-state index is 0.0689. The Hall–Kier alpha value is -1.49. The first-order valence-electron chi connectivity index (χ1n) is 7.00. The summed E-state index contributed by atoms with van der Waals surface area (Å²) in [5, 5.41) is 2.89. The Morgan fingerprint density at radius 2 is 2.16 bits per heavy atom. The summed E-state index contributed by atoms with van der Waals surface area (Å²) in [5.74, 6) is -0.0689. The van der Waals surface area contributed by atoms with Crippen molar-refractivity contribution in [1.29, 1.82) is 0 Å². The van der Waals surface area contributed by atoms with Gasteiger partial charge in [-0.2, -0.15) is 0 Å². The quantitative estimate of drug-likeness (QED) is 0.673. The number of hydrogen-bond acceptors (Lipinski definition) is 3. The van der Waals surface area contributed by atoms with Gasteiger partial charge in [-0.3, -0.25) is 4.79 Å². The van der Waals surface area contributed by atoms with E-state index in [1.54, 1.807) is 6.07 Å². The van der Waals surface area contributed by atoms with E-state index in [9.17, 15) is 4.79 Å². The molecule has 0 saturated heterocycles. The summed E-state index contributed by atoms with van der Waals surface area (Å²) in [6.07, 6.45) is 4.63. The second-order valence-corrected chi connectivity index (χ2v) is 4.57. The van der Waals surface area contributed by atoms with Crippen LogP contribution >= 0.6 is 0 Å². The number of nitrogens with zero attached hydrogens (tertiary/aromatic N) is 1. The molecule has 5 heteroatoms. The average molecular weight is 267 g/mol. The van der Waals surface area contributed by atoms with Crippen molar-refractivity contribution in [3.63, 3.8) is 0 Å². The van der Waals surface area contributed by atoms with Gasteiger partial charge in [0.15, 0.2) is 0 Å². The number of rotatable bonds is 9. The molecule has 1 rings (SSSR count). The SMILES string of the molecule is CCCOCCCNC(=O)c1cc(N)cn1CCC. The number of amides is 1. The van der Waals surface area contributed by atoms with E-state index in [2.05, 4.69) is 19.2 Å². The molecule has 1 aromatic rings. The molecule has 0 atom stereocenters. The number of hydrogen-bond donors (Lipinski definition) is 2. The molecule has 5 nitrogen and oxygen atoms in total. The number of aryl methyl sites for hydroxylation is 1. The van der Waals surface area contributed by atoms with Gasteiger partial charge in [0, 0.05) is 32.5 Å². The molecule has 0 aliphatic heterocycles. The van der Waals surface area contributed by atoms with Crippen LogP contribution in [0.2, 0.25) is 0 Å². The van der Waals surface area contributed by atoms with Crippen LogP contribution in [0.5, 0.6) is 0 Å². The number of ether oxygens (including phenoxy) is 1. The van der Waals surface area contributed by atoms with Crippen LogP contribution in [0.1, 0.15) is 43.6 Å². The summed E-state index contributed by atoms with van der Waals surface area (Å²) >= 11 is 0. The molecular weight excluding hydrogens is 242 g/mol. The molecule has 0 saturated carbocycles. The fourth-order valence-corrected chi connectivity index (χ4v) is 1.86. The van der Waals surface area contributed by atoms with Crippen molar-refractivity contribution in [2.45, 2.75) is 39.7 Å². The molecule has 0 radical (unpaired) electrons. The molecule has 108 valence electrons. The summed E-state index contributed by atoms with van der Waals surface area (Å²) in [6, 6.07) is 1.72. The summed E-state index contributed by atoms with van der Waals surface area (Å²) < 4.78 is 7.26. The third-order valence-electron chi connectivity index (χ3n) is 2.71. The molecular formula is C14H25N3O2. The average Bonchev–Trinajstić information content (AvgIpc) is 2.75. The number of aromatic nitrogens is 1. The molecule has 1 aromatic heterocycles. The summed E-state index contributed by atoms with van der Waals surface area (Å²) in [6.45, 7) is 7.05. The fraction of sp³-hybridized carbons (Fsp3) is 0.643. The maximum atomic E-state index is 12.0. The van der Waals surface area contributed by atoms with E-state index in [0.717, 1.165) is 32.4 Å². The highest BCUT2D eigenvalue weighted by atomic mass is 16.5. The van der Waals surface area contributed by atoms with Crippen LogP contribution in [0.4, 0.5) is 5.69 Å². The highest BCUT2D eigenvalue weighted by Crippen LogP contribution is 2.11. The van der Waals surface area contributed by atoms with E-state index in [4.69, 9.17) is 10.5 Å². The Kier molecular flexibility index (Phi) is 7.03. The Labute approximate surface area is 115 Å². The minimum Gasteiger partial charge on any atom is -0.397 e. The summed E-state index contributed by atoms with van der Waals surface area (Å²) in [4.78, 5) is 12.0. The van der Waals surface area contributed by atoms with Gasteiger partial charge in [-0.15, -0.1) is 0 Å². The van der Waals surface area contributed by atoms with Gasteiger partial charge in [0.05, 0.1) is 5.69 Å². The molecule has 1 amide bonds. The van der Waals surface area contributed by atoms with Crippen LogP contribution in [-0.4, -0.2) is 30.2 Å². The van der Waals surface area contributed by atoms with Crippen molar-refractivity contribution in [2.75, 3.05) is 25.5 Å². The molecule has 3 N–H and O–H groups in total. The lowest BCUT2D eigenvalue weighted by Crippen LogP contribution is -2.27. The minimum atomic E-state index is -0.0689. The number of carbonyl (C=O) groups excluding carboxylic acids is 1. The van der Waals surface area contributed by atoms with Gasteiger partial charge >= 0.3 is 0 Å². The third kappa shape index (κ3) is 5.34. The third-order valence-corrected chi connectivity index (χ3v) is 2.71. The van der Waals surface area contributed by atoms with Gasteiger partial charge in [-0.1, -0.05) is 13.8 Å². The number of anilines is 1. The van der Waals surface area contributed by atoms with E-state index in [-0.39, 0.29) is 5.91 Å². The topological polar surface area (TPSA) is 69.3 Å². The van der Waals surface area contributed by atoms with Crippen LogP contribution in [0.25, 0.3) is 0 Å². The molecule has 19 heavy (non-hydrogen) atoms. The largest absolute Gasteiger partial charge is 0.397 e. The monoisotopic (exact) mass is 267 g/mol. The predicted octanol–water partition coefficient (Wildman–Crippen LogP) is 2.03. The fourth-order valence-electron chi connectivity index (χ4n) is 1.86. The van der Waals surface area contributed by atoms with Crippen molar-refractivity contribution in [3.8, 4) is 0 Å². The van der Waals surface area contributed by atoms with Gasteiger partial charge in [0.2, 0.25) is 0 Å². The number of carbonyl (C=O) groups is 1. The standard InChI is InChI=1S/C14H25N3O2/c1-3-7-17-11-12(15)10-13(17)14(18)16-6-5-9-19-8-4-2/h10-11H,3-9,15H2,1-2H3,(H,16,18). The number of nitrogens with one attached hydrogen (secondary N) is 1. The molecule has 0 spiro atoms. The van der Waals surface area contributed by atoms with E-state index in [0.29, 0.717) is 24.5 Å². The first-order chi connectivity index (χ1) is 9.19. The van der Waals surface area contributed by atoms with E-state index in [1.807, 2.05) is 10.8 Å². The Bertz CT molecular complexity index is 388. The Morgan fingerprint density at radius 3 is 2.84 bits per heavy atom. The molecule has 0 bridgehead atoms. The van der Waals surface area contributed by atoms with E-state index >= 15 is 0 Å². The highest BCUT2D eigenvalue weighted by Gasteiger charge is 2.11. The van der Waals surface area contributed by atoms with Gasteiger partial charge in [-0.25, -0.2) is 0 Å². The first-order valence-corrected chi connectivity index (χ1v) is 7.00. The van der Waals surface area contributed by atoms with Crippen molar-refractivity contribution in [3.05, 3.63) is 18.0 Å². The van der Waals surface area contributed by atoms with Crippen molar-refractivity contribution >= 4 is 11.6 Å². The van der Waals surface area contributed by atoms with Crippen molar-refractivity contribution < 1.29 is 9.53 Å². The zero-order valence-corrected chi connectivity index (χ0v) is 11.9. The Morgan fingerprint density at radius 1 is 1.37 bits per heavy atom. The Balaban J connectivity index is 2.36. The predicted molar refractivity (Wildman–Crippen MR) is 77.2 cm³/mol. The van der Waals surface area contributed by atoms with Gasteiger partial charge in [0.25, 0.3) is 5.91 Å². The zero-order chi connectivity index (χ0) is 14.1. The van der Waals surface area contributed by atoms with Crippen LogP contribution in [0.3, 0.4) is 0 Å². The van der Waals surface area contributed by atoms with Crippen LogP contribution < -0.4 is 11.1 Å². The smallest absolute Gasteiger partial charge is 0.267 e. The number of nitrogens with two attached hydrogens (primary N) is 1. The van der Waals surface area contributed by atoms with Gasteiger partial charge < -0.3 is 20.4 Å². The summed E-state index contributed by atoms with van der Waals surface area (Å²) in [7, 11) is 0. The maximum absolute atomic E-state index is 12.0. The lowest BCUT2D eigenvalue weighted by atomic mass is 10.3. The molecule has 0 unspecified atom stereocenters. The number of nitrogen functional groups attached to an aromatic ring is 1. The molecule has 0 aliphatic carbocycles. The molecule has 1 heterocycles. The normalized spacial score (nSPS) is 10.6. The van der Waals surface area contributed by atoms with Crippen LogP contribution in [0.15, 0.2) is 12.3 Å². The zero-order valence-electron chi connectivity index (χ0n) is 11.9. The van der Waals surface area contributed by atoms with Gasteiger partial charge in [0.1, 0.15) is 5.69 Å². The van der Waals surface area contributed by atoms with E-state index in [1.165, 1.54) is 0 Å². The lowest BCUT2D eigenvalue weighted by Gasteiger charge is -2.08. The second kappa shape index (κ2) is 8.58. The lowest BCUT2D eigenvalue weighted by molar-refractivity contribution is 0.0932. The summed E-state index contributed by atoms with van der Waals surface area (Å²) in [5.41, 5.74) is 7.00. The van der Waals surface area contributed by atoms with Crippen LogP contribution in [-0.2, 0) is 11.3 Å². The molecule has 0 aliphatic rings.